The summed E-state index contributed by atoms with van der Waals surface area (Å²) in [5.41, 5.74) is 4.21. The molecule has 1 amide bonds. The van der Waals surface area contributed by atoms with Crippen LogP contribution in [0.5, 0.6) is 0 Å². The minimum absolute atomic E-state index is 0.0633. The number of hydrogen-bond acceptors (Lipinski definition) is 5. The lowest BCUT2D eigenvalue weighted by Gasteiger charge is -2.37. The Balaban J connectivity index is 1.42. The van der Waals surface area contributed by atoms with Gasteiger partial charge in [0.25, 0.3) is 5.91 Å². The SMILES string of the molecule is Cc1ccc(N2CCN(C(=O)c3ccc(N4[C@H](C)CCS4(=O)=O)nc3)CC2)c(C)c1. The maximum Gasteiger partial charge on any atom is 0.255 e. The van der Waals surface area contributed by atoms with Crippen molar-refractivity contribution in [1.82, 2.24) is 9.88 Å². The Morgan fingerprint density at radius 1 is 1.07 bits per heavy atom. The van der Waals surface area contributed by atoms with Crippen molar-refractivity contribution in [2.45, 2.75) is 33.2 Å². The fraction of sp³-hybridized carbons (Fsp3) is 0.455. The van der Waals surface area contributed by atoms with Crippen LogP contribution in [-0.4, -0.2) is 62.2 Å². The summed E-state index contributed by atoms with van der Waals surface area (Å²) in [6.07, 6.45) is 2.09. The standard InChI is InChI=1S/C22H28N4O3S/c1-16-4-6-20(17(2)14-16)24-9-11-25(12-10-24)22(27)19-5-7-21(23-15-19)26-18(3)8-13-30(26,28)29/h4-7,14-15,18H,8-13H2,1-3H3/t18-/m1/s1. The maximum atomic E-state index is 12.9. The van der Waals surface area contributed by atoms with Gasteiger partial charge in [-0.3, -0.25) is 9.10 Å². The molecule has 0 unspecified atom stereocenters. The van der Waals surface area contributed by atoms with Crippen LogP contribution < -0.4 is 9.21 Å². The van der Waals surface area contributed by atoms with Crippen molar-refractivity contribution in [2.75, 3.05) is 41.1 Å². The summed E-state index contributed by atoms with van der Waals surface area (Å²) in [6, 6.07) is 9.66. The van der Waals surface area contributed by atoms with Crippen molar-refractivity contribution >= 4 is 27.4 Å². The number of aryl methyl sites for hydroxylation is 2. The van der Waals surface area contributed by atoms with E-state index < -0.39 is 10.0 Å². The van der Waals surface area contributed by atoms with Gasteiger partial charge in [-0.2, -0.15) is 0 Å². The Labute approximate surface area is 178 Å². The van der Waals surface area contributed by atoms with Gasteiger partial charge in [0, 0.05) is 44.1 Å². The zero-order valence-electron chi connectivity index (χ0n) is 17.7. The van der Waals surface area contributed by atoms with Gasteiger partial charge in [-0.05, 0) is 51.0 Å². The van der Waals surface area contributed by atoms with E-state index in [1.807, 2.05) is 11.8 Å². The van der Waals surface area contributed by atoms with Gasteiger partial charge in [0.05, 0.1) is 11.3 Å². The summed E-state index contributed by atoms with van der Waals surface area (Å²) in [6.45, 7) is 8.94. The number of carbonyl (C=O) groups excluding carboxylic acids is 1. The molecule has 2 fully saturated rings. The number of benzene rings is 1. The Bertz CT molecular complexity index is 1040. The van der Waals surface area contributed by atoms with Crippen LogP contribution in [-0.2, 0) is 10.0 Å². The lowest BCUT2D eigenvalue weighted by Crippen LogP contribution is -2.49. The maximum absolute atomic E-state index is 12.9. The molecule has 2 aliphatic rings. The third kappa shape index (κ3) is 3.88. The van der Waals surface area contributed by atoms with Crippen LogP contribution in [0.3, 0.4) is 0 Å². The summed E-state index contributed by atoms with van der Waals surface area (Å²) >= 11 is 0. The first-order valence-corrected chi connectivity index (χ1v) is 12.0. The second-order valence-corrected chi connectivity index (χ2v) is 10.2. The zero-order chi connectivity index (χ0) is 21.5. The van der Waals surface area contributed by atoms with Crippen LogP contribution >= 0.6 is 0 Å². The van der Waals surface area contributed by atoms with Gasteiger partial charge in [0.15, 0.2) is 0 Å². The number of pyridine rings is 1. The Hall–Kier alpha value is -2.61. The minimum atomic E-state index is -3.31. The number of sulfonamides is 1. The monoisotopic (exact) mass is 428 g/mol. The molecule has 0 aliphatic carbocycles. The molecule has 30 heavy (non-hydrogen) atoms. The van der Waals surface area contributed by atoms with Crippen LogP contribution in [0.2, 0.25) is 0 Å². The number of rotatable bonds is 3. The summed E-state index contributed by atoms with van der Waals surface area (Å²) < 4.78 is 25.8. The molecule has 160 valence electrons. The van der Waals surface area contributed by atoms with Crippen LogP contribution in [0.4, 0.5) is 11.5 Å². The molecule has 0 N–H and O–H groups in total. The van der Waals surface area contributed by atoms with Crippen molar-refractivity contribution in [2.24, 2.45) is 0 Å². The lowest BCUT2D eigenvalue weighted by molar-refractivity contribution is 0.0746. The molecule has 1 atom stereocenters. The number of carbonyl (C=O) groups is 1. The van der Waals surface area contributed by atoms with E-state index in [1.165, 1.54) is 27.3 Å². The van der Waals surface area contributed by atoms with Crippen LogP contribution in [0, 0.1) is 13.8 Å². The van der Waals surface area contributed by atoms with E-state index in [0.29, 0.717) is 30.9 Å². The van der Waals surface area contributed by atoms with Gasteiger partial charge in [-0.25, -0.2) is 13.4 Å². The molecule has 0 radical (unpaired) electrons. The predicted molar refractivity (Wildman–Crippen MR) is 119 cm³/mol. The second kappa shape index (κ2) is 7.91. The van der Waals surface area contributed by atoms with Gasteiger partial charge in [-0.15, -0.1) is 0 Å². The first-order chi connectivity index (χ1) is 14.3. The van der Waals surface area contributed by atoms with Gasteiger partial charge >= 0.3 is 0 Å². The third-order valence-corrected chi connectivity index (χ3v) is 7.87. The van der Waals surface area contributed by atoms with Crippen molar-refractivity contribution in [3.8, 4) is 0 Å². The highest BCUT2D eigenvalue weighted by atomic mass is 32.2. The van der Waals surface area contributed by atoms with E-state index >= 15 is 0 Å². The summed E-state index contributed by atoms with van der Waals surface area (Å²) in [5.74, 6) is 0.462. The average molecular weight is 429 g/mol. The van der Waals surface area contributed by atoms with E-state index in [0.717, 1.165) is 13.1 Å². The van der Waals surface area contributed by atoms with Gasteiger partial charge in [0.2, 0.25) is 10.0 Å². The number of piperazine rings is 1. The van der Waals surface area contributed by atoms with Crippen molar-refractivity contribution in [3.05, 3.63) is 53.2 Å². The molecule has 1 aromatic carbocycles. The topological polar surface area (TPSA) is 73.8 Å². The van der Waals surface area contributed by atoms with E-state index in [9.17, 15) is 13.2 Å². The summed E-state index contributed by atoms with van der Waals surface area (Å²) in [7, 11) is -3.31. The second-order valence-electron chi connectivity index (χ2n) is 8.22. The van der Waals surface area contributed by atoms with Crippen LogP contribution in [0.1, 0.15) is 34.8 Å². The third-order valence-electron chi connectivity index (χ3n) is 5.97. The first kappa shape index (κ1) is 20.7. The first-order valence-electron chi connectivity index (χ1n) is 10.4. The zero-order valence-corrected chi connectivity index (χ0v) is 18.5. The van der Waals surface area contributed by atoms with Crippen molar-refractivity contribution in [1.29, 1.82) is 0 Å². The quantitative estimate of drug-likeness (QED) is 0.751. The van der Waals surface area contributed by atoms with Gasteiger partial charge < -0.3 is 9.80 Å². The Morgan fingerprint density at radius 3 is 2.37 bits per heavy atom. The summed E-state index contributed by atoms with van der Waals surface area (Å²) in [5, 5.41) is 0. The van der Waals surface area contributed by atoms with Crippen LogP contribution in [0.15, 0.2) is 36.5 Å². The van der Waals surface area contributed by atoms with E-state index in [1.54, 1.807) is 12.1 Å². The molecule has 1 aromatic heterocycles. The number of amides is 1. The molecule has 0 saturated carbocycles. The highest BCUT2D eigenvalue weighted by molar-refractivity contribution is 7.93. The number of aromatic nitrogens is 1. The van der Waals surface area contributed by atoms with Crippen LogP contribution in [0.25, 0.3) is 0 Å². The van der Waals surface area contributed by atoms with E-state index in [-0.39, 0.29) is 17.7 Å². The largest absolute Gasteiger partial charge is 0.368 e. The van der Waals surface area contributed by atoms with Crippen molar-refractivity contribution in [3.63, 3.8) is 0 Å². The molecular weight excluding hydrogens is 400 g/mol. The molecule has 2 aliphatic heterocycles. The molecule has 0 bridgehead atoms. The predicted octanol–water partition coefficient (Wildman–Crippen LogP) is 2.59. The van der Waals surface area contributed by atoms with E-state index in [4.69, 9.17) is 0 Å². The van der Waals surface area contributed by atoms with E-state index in [2.05, 4.69) is 41.9 Å². The van der Waals surface area contributed by atoms with Gasteiger partial charge in [0.1, 0.15) is 5.82 Å². The minimum Gasteiger partial charge on any atom is -0.368 e. The molecule has 8 heteroatoms. The Morgan fingerprint density at radius 2 is 1.80 bits per heavy atom. The lowest BCUT2D eigenvalue weighted by atomic mass is 10.1. The number of hydrogen-bond donors (Lipinski definition) is 0. The molecule has 2 aromatic rings. The molecule has 3 heterocycles. The normalized spacial score (nSPS) is 21.2. The smallest absolute Gasteiger partial charge is 0.255 e. The number of anilines is 2. The summed E-state index contributed by atoms with van der Waals surface area (Å²) in [4.78, 5) is 21.4. The number of nitrogens with zero attached hydrogens (tertiary/aromatic N) is 4. The molecule has 7 nitrogen and oxygen atoms in total. The molecule has 2 saturated heterocycles. The van der Waals surface area contributed by atoms with Crippen molar-refractivity contribution < 1.29 is 13.2 Å². The average Bonchev–Trinajstić information content (AvgIpc) is 3.00. The highest BCUT2D eigenvalue weighted by Crippen LogP contribution is 2.27. The Kier molecular flexibility index (Phi) is 5.44. The highest BCUT2D eigenvalue weighted by Gasteiger charge is 2.35. The van der Waals surface area contributed by atoms with Gasteiger partial charge in [-0.1, -0.05) is 17.7 Å². The molecule has 0 spiro atoms. The molecule has 4 rings (SSSR count). The molecular formula is C22H28N4O3S. The fourth-order valence-corrected chi connectivity index (χ4v) is 6.20. The fourth-order valence-electron chi connectivity index (χ4n) is 4.31.